The maximum absolute atomic E-state index is 10.7. The van der Waals surface area contributed by atoms with Crippen molar-refractivity contribution in [3.05, 3.63) is 0 Å². The Morgan fingerprint density at radius 3 is 2.91 bits per heavy atom. The van der Waals surface area contributed by atoms with Gasteiger partial charge in [-0.2, -0.15) is 0 Å². The SMILES string of the molecule is O=C(O)[C@H]1CC[C@H]2CNC[C@@H]21. The van der Waals surface area contributed by atoms with E-state index in [4.69, 9.17) is 5.11 Å². The summed E-state index contributed by atoms with van der Waals surface area (Å²) in [6, 6.07) is 0. The minimum absolute atomic E-state index is 0.0602. The zero-order chi connectivity index (χ0) is 7.84. The normalized spacial score (nSPS) is 42.4. The molecule has 1 saturated carbocycles. The average Bonchev–Trinajstić information content (AvgIpc) is 2.41. The van der Waals surface area contributed by atoms with Gasteiger partial charge < -0.3 is 10.4 Å². The van der Waals surface area contributed by atoms with Gasteiger partial charge in [0.1, 0.15) is 0 Å². The van der Waals surface area contributed by atoms with Crippen LogP contribution in [0.25, 0.3) is 0 Å². The lowest BCUT2D eigenvalue weighted by molar-refractivity contribution is -0.142. The molecule has 11 heavy (non-hydrogen) atoms. The molecule has 0 aromatic rings. The number of fused-ring (bicyclic) bond motifs is 1. The Bertz CT molecular complexity index is 181. The van der Waals surface area contributed by atoms with Crippen LogP contribution in [-0.4, -0.2) is 24.2 Å². The second-order valence-corrected chi connectivity index (χ2v) is 3.60. The highest BCUT2D eigenvalue weighted by atomic mass is 16.4. The molecule has 3 heteroatoms. The summed E-state index contributed by atoms with van der Waals surface area (Å²) >= 11 is 0. The Kier molecular flexibility index (Phi) is 1.60. The van der Waals surface area contributed by atoms with Crippen molar-refractivity contribution in [3.63, 3.8) is 0 Å². The minimum Gasteiger partial charge on any atom is -0.481 e. The van der Waals surface area contributed by atoms with Crippen molar-refractivity contribution in [1.82, 2.24) is 5.32 Å². The molecule has 0 spiro atoms. The zero-order valence-corrected chi connectivity index (χ0v) is 6.42. The lowest BCUT2D eigenvalue weighted by atomic mass is 9.93. The van der Waals surface area contributed by atoms with Crippen molar-refractivity contribution in [2.24, 2.45) is 17.8 Å². The van der Waals surface area contributed by atoms with Gasteiger partial charge in [-0.15, -0.1) is 0 Å². The molecule has 1 saturated heterocycles. The maximum atomic E-state index is 10.7. The standard InChI is InChI=1S/C8H13NO2/c10-8(11)6-2-1-5-3-9-4-7(5)6/h5-7,9H,1-4H2,(H,10,11)/t5-,6-,7-/m0/s1. The molecule has 1 aliphatic carbocycles. The van der Waals surface area contributed by atoms with Crippen molar-refractivity contribution < 1.29 is 9.90 Å². The topological polar surface area (TPSA) is 49.3 Å². The quantitative estimate of drug-likeness (QED) is 0.573. The molecule has 0 bridgehead atoms. The van der Waals surface area contributed by atoms with Crippen molar-refractivity contribution in [2.45, 2.75) is 12.8 Å². The van der Waals surface area contributed by atoms with E-state index >= 15 is 0 Å². The predicted molar refractivity (Wildman–Crippen MR) is 40.2 cm³/mol. The lowest BCUT2D eigenvalue weighted by Gasteiger charge is -2.11. The third kappa shape index (κ3) is 1.03. The second kappa shape index (κ2) is 2.48. The molecule has 3 atom stereocenters. The zero-order valence-electron chi connectivity index (χ0n) is 6.42. The fourth-order valence-electron chi connectivity index (χ4n) is 2.45. The number of hydrogen-bond donors (Lipinski definition) is 2. The first-order chi connectivity index (χ1) is 5.29. The minimum atomic E-state index is -0.596. The van der Waals surface area contributed by atoms with Crippen LogP contribution in [0.5, 0.6) is 0 Å². The summed E-state index contributed by atoms with van der Waals surface area (Å²) in [5, 5.41) is 12.1. The van der Waals surface area contributed by atoms with Gasteiger partial charge in [0.05, 0.1) is 5.92 Å². The number of nitrogens with one attached hydrogen (secondary N) is 1. The lowest BCUT2D eigenvalue weighted by Crippen LogP contribution is -2.22. The maximum Gasteiger partial charge on any atom is 0.306 e. The van der Waals surface area contributed by atoms with Crippen LogP contribution in [0, 0.1) is 17.8 Å². The average molecular weight is 155 g/mol. The van der Waals surface area contributed by atoms with Crippen LogP contribution in [0.4, 0.5) is 0 Å². The van der Waals surface area contributed by atoms with Gasteiger partial charge in [0.2, 0.25) is 0 Å². The fourth-order valence-corrected chi connectivity index (χ4v) is 2.45. The molecule has 2 aliphatic rings. The third-order valence-electron chi connectivity index (χ3n) is 3.07. The Hall–Kier alpha value is -0.570. The first-order valence-corrected chi connectivity index (χ1v) is 4.22. The Balaban J connectivity index is 2.08. The molecule has 0 radical (unpaired) electrons. The van der Waals surface area contributed by atoms with E-state index in [0.717, 1.165) is 25.9 Å². The summed E-state index contributed by atoms with van der Waals surface area (Å²) in [7, 11) is 0. The van der Waals surface area contributed by atoms with Gasteiger partial charge in [-0.3, -0.25) is 4.79 Å². The van der Waals surface area contributed by atoms with Crippen LogP contribution in [0.1, 0.15) is 12.8 Å². The summed E-state index contributed by atoms with van der Waals surface area (Å²) < 4.78 is 0. The van der Waals surface area contributed by atoms with E-state index in [1.807, 2.05) is 0 Å². The molecular weight excluding hydrogens is 142 g/mol. The van der Waals surface area contributed by atoms with E-state index in [1.54, 1.807) is 0 Å². The van der Waals surface area contributed by atoms with Gasteiger partial charge in [0.15, 0.2) is 0 Å². The van der Waals surface area contributed by atoms with Crippen LogP contribution in [-0.2, 0) is 4.79 Å². The van der Waals surface area contributed by atoms with Crippen LogP contribution in [0.15, 0.2) is 0 Å². The number of carboxylic acid groups (broad SMARTS) is 1. The predicted octanol–water partition coefficient (Wildman–Crippen LogP) is 0.317. The molecule has 62 valence electrons. The Labute approximate surface area is 65.8 Å². The second-order valence-electron chi connectivity index (χ2n) is 3.60. The van der Waals surface area contributed by atoms with Gasteiger partial charge in [0, 0.05) is 0 Å². The molecule has 2 rings (SSSR count). The highest BCUT2D eigenvalue weighted by molar-refractivity contribution is 5.71. The summed E-state index contributed by atoms with van der Waals surface area (Å²) in [6.07, 6.45) is 2.00. The fraction of sp³-hybridized carbons (Fsp3) is 0.875. The van der Waals surface area contributed by atoms with Crippen molar-refractivity contribution in [1.29, 1.82) is 0 Å². The highest BCUT2D eigenvalue weighted by Crippen LogP contribution is 2.39. The summed E-state index contributed by atoms with van der Waals surface area (Å²) in [6.45, 7) is 1.95. The summed E-state index contributed by atoms with van der Waals surface area (Å²) in [5.41, 5.74) is 0. The van der Waals surface area contributed by atoms with Crippen LogP contribution < -0.4 is 5.32 Å². The number of carboxylic acids is 1. The molecule has 3 nitrogen and oxygen atoms in total. The molecule has 2 N–H and O–H groups in total. The number of carbonyl (C=O) groups is 1. The van der Waals surface area contributed by atoms with Crippen LogP contribution in [0.2, 0.25) is 0 Å². The molecule has 0 aromatic carbocycles. The Morgan fingerprint density at radius 2 is 2.18 bits per heavy atom. The number of hydrogen-bond acceptors (Lipinski definition) is 2. The van der Waals surface area contributed by atoms with E-state index in [-0.39, 0.29) is 5.92 Å². The molecule has 1 heterocycles. The van der Waals surface area contributed by atoms with Gasteiger partial charge in [-0.1, -0.05) is 0 Å². The molecule has 2 fully saturated rings. The van der Waals surface area contributed by atoms with Gasteiger partial charge in [-0.25, -0.2) is 0 Å². The van der Waals surface area contributed by atoms with E-state index in [0.29, 0.717) is 11.8 Å². The first-order valence-electron chi connectivity index (χ1n) is 4.22. The largest absolute Gasteiger partial charge is 0.481 e. The molecule has 0 amide bonds. The van der Waals surface area contributed by atoms with E-state index in [9.17, 15) is 4.79 Å². The third-order valence-corrected chi connectivity index (χ3v) is 3.07. The monoisotopic (exact) mass is 155 g/mol. The van der Waals surface area contributed by atoms with Crippen LogP contribution >= 0.6 is 0 Å². The molecule has 0 unspecified atom stereocenters. The van der Waals surface area contributed by atoms with Crippen molar-refractivity contribution >= 4 is 5.97 Å². The molecule has 0 aromatic heterocycles. The summed E-state index contributed by atoms with van der Waals surface area (Å²) in [5.74, 6) is 0.416. The van der Waals surface area contributed by atoms with E-state index < -0.39 is 5.97 Å². The van der Waals surface area contributed by atoms with Gasteiger partial charge >= 0.3 is 5.97 Å². The number of rotatable bonds is 1. The van der Waals surface area contributed by atoms with Crippen molar-refractivity contribution in [2.75, 3.05) is 13.1 Å². The van der Waals surface area contributed by atoms with Crippen LogP contribution in [0.3, 0.4) is 0 Å². The van der Waals surface area contributed by atoms with Crippen molar-refractivity contribution in [3.8, 4) is 0 Å². The van der Waals surface area contributed by atoms with E-state index in [1.165, 1.54) is 0 Å². The number of aliphatic carboxylic acids is 1. The highest BCUT2D eigenvalue weighted by Gasteiger charge is 2.42. The smallest absolute Gasteiger partial charge is 0.306 e. The van der Waals surface area contributed by atoms with Gasteiger partial charge in [0.25, 0.3) is 0 Å². The van der Waals surface area contributed by atoms with Gasteiger partial charge in [-0.05, 0) is 37.8 Å². The van der Waals surface area contributed by atoms with E-state index in [2.05, 4.69) is 5.32 Å². The first kappa shape index (κ1) is 7.10. The summed E-state index contributed by atoms with van der Waals surface area (Å²) in [4.78, 5) is 10.7. The molecular formula is C8H13NO2. The molecule has 1 aliphatic heterocycles. The Morgan fingerprint density at radius 1 is 1.36 bits per heavy atom.